The zero-order valence-corrected chi connectivity index (χ0v) is 14.9. The molecule has 2 aromatic carbocycles. The second-order valence-corrected chi connectivity index (χ2v) is 5.92. The molecule has 2 N–H and O–H groups in total. The number of hydrazone groups is 1. The fourth-order valence-electron chi connectivity index (χ4n) is 2.27. The number of nitrogens with one attached hydrogen (secondary N) is 2. The van der Waals surface area contributed by atoms with Gasteiger partial charge in [0.05, 0.1) is 17.7 Å². The highest BCUT2D eigenvalue weighted by Crippen LogP contribution is 2.32. The first-order chi connectivity index (χ1) is 13.4. The highest BCUT2D eigenvalue weighted by atomic mass is 35.5. The molecule has 0 radical (unpaired) electrons. The van der Waals surface area contributed by atoms with E-state index in [-0.39, 0.29) is 24.0 Å². The van der Waals surface area contributed by atoms with Gasteiger partial charge in [-0.2, -0.15) is 5.10 Å². The molecule has 0 fully saturated rings. The summed E-state index contributed by atoms with van der Waals surface area (Å²) >= 11 is 5.72. The summed E-state index contributed by atoms with van der Waals surface area (Å²) in [5.74, 6) is -0.0376. The van der Waals surface area contributed by atoms with Gasteiger partial charge >= 0.3 is 0 Å². The van der Waals surface area contributed by atoms with E-state index in [0.717, 1.165) is 0 Å². The van der Waals surface area contributed by atoms with Crippen LogP contribution in [0.3, 0.4) is 0 Å². The summed E-state index contributed by atoms with van der Waals surface area (Å²) in [5, 5.41) is 17.0. The van der Waals surface area contributed by atoms with Gasteiger partial charge in [-0.05, 0) is 24.3 Å². The minimum Gasteiger partial charge on any atom is -0.454 e. The smallest absolute Gasteiger partial charge is 0.288 e. The van der Waals surface area contributed by atoms with Crippen LogP contribution in [0.1, 0.15) is 15.9 Å². The van der Waals surface area contributed by atoms with Crippen molar-refractivity contribution in [3.63, 3.8) is 0 Å². The maximum absolute atomic E-state index is 12.1. The van der Waals surface area contributed by atoms with Gasteiger partial charge in [0.2, 0.25) is 6.79 Å². The Balaban J connectivity index is 1.50. The predicted octanol–water partition coefficient (Wildman–Crippen LogP) is 1.86. The molecule has 1 heterocycles. The lowest BCUT2D eigenvalue weighted by molar-refractivity contribution is -0.384. The zero-order valence-electron chi connectivity index (χ0n) is 14.2. The molecule has 0 saturated carbocycles. The number of hydrogen-bond acceptors (Lipinski definition) is 7. The number of nitro groups is 1. The van der Waals surface area contributed by atoms with E-state index in [9.17, 15) is 19.7 Å². The van der Waals surface area contributed by atoms with Gasteiger partial charge in [-0.15, -0.1) is 0 Å². The normalized spacial score (nSPS) is 12.0. The van der Waals surface area contributed by atoms with E-state index in [4.69, 9.17) is 21.1 Å². The van der Waals surface area contributed by atoms with Crippen molar-refractivity contribution in [2.45, 2.75) is 0 Å². The lowest BCUT2D eigenvalue weighted by Gasteiger charge is -2.05. The minimum atomic E-state index is -0.621. The summed E-state index contributed by atoms with van der Waals surface area (Å²) in [4.78, 5) is 34.1. The minimum absolute atomic E-state index is 0.00239. The Morgan fingerprint density at radius 1 is 1.21 bits per heavy atom. The molecule has 0 aliphatic carbocycles. The van der Waals surface area contributed by atoms with Crippen LogP contribution in [0.2, 0.25) is 5.02 Å². The van der Waals surface area contributed by atoms with Gasteiger partial charge < -0.3 is 14.8 Å². The van der Waals surface area contributed by atoms with Crippen LogP contribution in [0, 0.1) is 10.1 Å². The summed E-state index contributed by atoms with van der Waals surface area (Å²) in [7, 11) is 0. The summed E-state index contributed by atoms with van der Waals surface area (Å²) in [5.41, 5.74) is 2.63. The van der Waals surface area contributed by atoms with E-state index in [0.29, 0.717) is 22.6 Å². The third kappa shape index (κ3) is 4.54. The van der Waals surface area contributed by atoms with Crippen molar-refractivity contribution in [1.82, 2.24) is 10.7 Å². The molecule has 1 aliphatic heterocycles. The summed E-state index contributed by atoms with van der Waals surface area (Å²) in [6.07, 6.45) is 1.22. The average molecular weight is 405 g/mol. The Bertz CT molecular complexity index is 978. The van der Waals surface area contributed by atoms with Crippen LogP contribution in [0.4, 0.5) is 5.69 Å². The largest absolute Gasteiger partial charge is 0.454 e. The van der Waals surface area contributed by atoms with Crippen molar-refractivity contribution < 1.29 is 24.0 Å². The van der Waals surface area contributed by atoms with E-state index in [1.54, 1.807) is 12.1 Å². The number of carbonyl (C=O) groups excluding carboxylic acids is 2. The van der Waals surface area contributed by atoms with Gasteiger partial charge in [-0.25, -0.2) is 5.43 Å². The van der Waals surface area contributed by atoms with Crippen molar-refractivity contribution in [3.8, 4) is 11.5 Å². The second-order valence-electron chi connectivity index (χ2n) is 5.51. The second kappa shape index (κ2) is 8.35. The van der Waals surface area contributed by atoms with Crippen LogP contribution in [-0.4, -0.2) is 36.3 Å². The third-order valence-electron chi connectivity index (χ3n) is 3.61. The van der Waals surface area contributed by atoms with Crippen LogP contribution in [0.5, 0.6) is 11.5 Å². The van der Waals surface area contributed by atoms with E-state index in [2.05, 4.69) is 15.8 Å². The number of benzene rings is 2. The molecule has 11 heteroatoms. The average Bonchev–Trinajstić information content (AvgIpc) is 3.15. The number of fused-ring (bicyclic) bond motifs is 1. The van der Waals surface area contributed by atoms with Gasteiger partial charge in [0.15, 0.2) is 11.5 Å². The lowest BCUT2D eigenvalue weighted by Crippen LogP contribution is -2.34. The molecule has 2 amide bonds. The number of rotatable bonds is 6. The Hall–Kier alpha value is -3.66. The molecule has 1 aliphatic rings. The van der Waals surface area contributed by atoms with Gasteiger partial charge in [-0.3, -0.25) is 19.7 Å². The molecule has 2 aromatic rings. The fourth-order valence-corrected chi connectivity index (χ4v) is 2.46. The van der Waals surface area contributed by atoms with E-state index >= 15 is 0 Å². The van der Waals surface area contributed by atoms with Crippen molar-refractivity contribution >= 4 is 35.3 Å². The van der Waals surface area contributed by atoms with Crippen LogP contribution in [-0.2, 0) is 4.79 Å². The third-order valence-corrected chi connectivity index (χ3v) is 3.93. The number of hydrogen-bond donors (Lipinski definition) is 2. The van der Waals surface area contributed by atoms with Crippen LogP contribution >= 0.6 is 11.6 Å². The standard InChI is InChI=1S/C17H13ClN4O6/c18-12-3-1-10(5-13(12)22(25)26)7-20-21-16(23)8-19-17(24)11-2-4-14-15(6-11)28-9-27-14/h1-7H,8-9H2,(H,19,24)(H,21,23)/b20-7-. The molecular weight excluding hydrogens is 392 g/mol. The molecule has 0 spiro atoms. The monoisotopic (exact) mass is 404 g/mol. The SMILES string of the molecule is O=C(CNC(=O)c1ccc2c(c1)OCO2)N/N=C\c1ccc(Cl)c([N+](=O)[O-])c1. The first-order valence-electron chi connectivity index (χ1n) is 7.88. The topological polar surface area (TPSA) is 132 Å². The van der Waals surface area contributed by atoms with Gasteiger partial charge in [-0.1, -0.05) is 17.7 Å². The Morgan fingerprint density at radius 3 is 2.79 bits per heavy atom. The molecule has 0 unspecified atom stereocenters. The fraction of sp³-hybridized carbons (Fsp3) is 0.118. The van der Waals surface area contributed by atoms with Crippen LogP contribution < -0.4 is 20.2 Å². The molecule has 0 bridgehead atoms. The number of nitro benzene ring substituents is 1. The summed E-state index contributed by atoms with van der Waals surface area (Å²) in [6, 6.07) is 8.75. The van der Waals surface area contributed by atoms with Crippen LogP contribution in [0.15, 0.2) is 41.5 Å². The summed E-state index contributed by atoms with van der Waals surface area (Å²) in [6.45, 7) is -0.219. The molecule has 0 atom stereocenters. The highest BCUT2D eigenvalue weighted by molar-refractivity contribution is 6.32. The molecule has 3 rings (SSSR count). The molecular formula is C17H13ClN4O6. The Kier molecular flexibility index (Phi) is 5.70. The zero-order chi connectivity index (χ0) is 20.1. The van der Waals surface area contributed by atoms with Gasteiger partial charge in [0.25, 0.3) is 17.5 Å². The van der Waals surface area contributed by atoms with Crippen molar-refractivity contribution in [1.29, 1.82) is 0 Å². The Morgan fingerprint density at radius 2 is 2.00 bits per heavy atom. The Labute approximate surface area is 163 Å². The summed E-state index contributed by atoms with van der Waals surface area (Å²) < 4.78 is 10.4. The van der Waals surface area contributed by atoms with E-state index < -0.39 is 16.7 Å². The molecule has 144 valence electrons. The lowest BCUT2D eigenvalue weighted by atomic mass is 10.2. The number of carbonyl (C=O) groups is 2. The number of ether oxygens (including phenoxy) is 2. The molecule has 28 heavy (non-hydrogen) atoms. The molecule has 0 saturated heterocycles. The van der Waals surface area contributed by atoms with Crippen molar-refractivity contribution in [2.75, 3.05) is 13.3 Å². The first kappa shape index (κ1) is 19.1. The van der Waals surface area contributed by atoms with Gasteiger partial charge in [0.1, 0.15) is 5.02 Å². The molecule has 0 aromatic heterocycles. The van der Waals surface area contributed by atoms with Crippen molar-refractivity contribution in [3.05, 3.63) is 62.7 Å². The number of amides is 2. The molecule has 10 nitrogen and oxygen atoms in total. The number of halogens is 1. The van der Waals surface area contributed by atoms with E-state index in [1.807, 2.05) is 0 Å². The quantitative estimate of drug-likeness (QED) is 0.429. The maximum Gasteiger partial charge on any atom is 0.288 e. The van der Waals surface area contributed by atoms with Crippen LogP contribution in [0.25, 0.3) is 0 Å². The highest BCUT2D eigenvalue weighted by Gasteiger charge is 2.16. The first-order valence-corrected chi connectivity index (χ1v) is 8.25. The van der Waals surface area contributed by atoms with Gasteiger partial charge in [0, 0.05) is 17.2 Å². The predicted molar refractivity (Wildman–Crippen MR) is 98.7 cm³/mol. The maximum atomic E-state index is 12.1. The number of nitrogens with zero attached hydrogens (tertiary/aromatic N) is 2. The van der Waals surface area contributed by atoms with Crippen molar-refractivity contribution in [2.24, 2.45) is 5.10 Å². The van der Waals surface area contributed by atoms with E-state index in [1.165, 1.54) is 30.5 Å².